The molecule has 8 nitrogen and oxygen atoms in total. The van der Waals surface area contributed by atoms with E-state index in [1.807, 2.05) is 24.3 Å². The van der Waals surface area contributed by atoms with Crippen molar-refractivity contribution < 1.29 is 14.4 Å². The van der Waals surface area contributed by atoms with E-state index < -0.39 is 0 Å². The van der Waals surface area contributed by atoms with Crippen molar-refractivity contribution in [3.05, 3.63) is 41.0 Å². The van der Waals surface area contributed by atoms with E-state index in [0.717, 1.165) is 63.0 Å². The highest BCUT2D eigenvalue weighted by atomic mass is 32.2. The number of para-hydroxylation sites is 1. The molecule has 2 aliphatic rings. The number of pyridine rings is 1. The lowest BCUT2D eigenvalue weighted by atomic mass is 9.83. The van der Waals surface area contributed by atoms with E-state index in [4.69, 9.17) is 14.6 Å². The molecule has 0 unspecified atom stereocenters. The van der Waals surface area contributed by atoms with E-state index >= 15 is 0 Å². The Morgan fingerprint density at radius 2 is 2.03 bits per heavy atom. The standard InChI is InChI=1S/C24H27N5O3S2/c1-31-17-4-3-5-18-22(17)28-24(34-18)21(29-32-2)14-6-8-15(9-7-14)25-12-16-10-11-19-23(26-16)27-20(30)13-33-19/h3-5,10-11,14-15,25H,6-9,12-13H2,1-2H3,(H,26,27,30)/t14-,15-. The summed E-state index contributed by atoms with van der Waals surface area (Å²) in [6.45, 7) is 0.680. The van der Waals surface area contributed by atoms with Crippen molar-refractivity contribution >= 4 is 50.8 Å². The molecule has 5 rings (SSSR count). The lowest BCUT2D eigenvalue weighted by molar-refractivity contribution is -0.113. The Hall–Kier alpha value is -2.69. The predicted octanol–water partition coefficient (Wildman–Crippen LogP) is 4.44. The number of thiazole rings is 1. The third kappa shape index (κ3) is 4.89. The number of benzene rings is 1. The van der Waals surface area contributed by atoms with Crippen molar-refractivity contribution in [3.8, 4) is 5.75 Å². The van der Waals surface area contributed by atoms with E-state index in [-0.39, 0.29) is 5.91 Å². The van der Waals surface area contributed by atoms with E-state index in [2.05, 4.69) is 26.8 Å². The van der Waals surface area contributed by atoms with Gasteiger partial charge in [-0.1, -0.05) is 11.2 Å². The zero-order valence-electron chi connectivity index (χ0n) is 19.2. The monoisotopic (exact) mass is 497 g/mol. The zero-order valence-corrected chi connectivity index (χ0v) is 20.8. The van der Waals surface area contributed by atoms with Gasteiger partial charge in [-0.25, -0.2) is 9.97 Å². The lowest BCUT2D eigenvalue weighted by Crippen LogP contribution is -2.35. The summed E-state index contributed by atoms with van der Waals surface area (Å²) in [4.78, 5) is 27.4. The molecule has 178 valence electrons. The molecule has 3 aromatic rings. The number of carbonyl (C=O) groups excluding carboxylic acids is 1. The number of hydrogen-bond acceptors (Lipinski definition) is 9. The second-order valence-electron chi connectivity index (χ2n) is 8.40. The Kier molecular flexibility index (Phi) is 6.98. The number of carbonyl (C=O) groups is 1. The number of rotatable bonds is 7. The summed E-state index contributed by atoms with van der Waals surface area (Å²) in [6.07, 6.45) is 4.10. The van der Waals surface area contributed by atoms with E-state index in [9.17, 15) is 4.79 Å². The maximum Gasteiger partial charge on any atom is 0.235 e. The minimum Gasteiger partial charge on any atom is -0.494 e. The van der Waals surface area contributed by atoms with Gasteiger partial charge in [0.05, 0.1) is 28.2 Å². The fourth-order valence-electron chi connectivity index (χ4n) is 4.51. The number of amides is 1. The quantitative estimate of drug-likeness (QED) is 0.368. The van der Waals surface area contributed by atoms with Gasteiger partial charge in [0.2, 0.25) is 5.91 Å². The summed E-state index contributed by atoms with van der Waals surface area (Å²) < 4.78 is 6.56. The Balaban J connectivity index is 1.21. The molecule has 2 aromatic heterocycles. The molecule has 0 radical (unpaired) electrons. The number of thioether (sulfide) groups is 1. The first-order valence-corrected chi connectivity index (χ1v) is 13.2. The molecule has 0 saturated heterocycles. The summed E-state index contributed by atoms with van der Waals surface area (Å²) in [6, 6.07) is 10.5. The molecule has 0 spiro atoms. The molecular weight excluding hydrogens is 470 g/mol. The minimum absolute atomic E-state index is 0.00790. The third-order valence-electron chi connectivity index (χ3n) is 6.23. The zero-order chi connectivity index (χ0) is 23.5. The number of methoxy groups -OCH3 is 1. The Morgan fingerprint density at radius 1 is 1.18 bits per heavy atom. The maximum absolute atomic E-state index is 11.6. The largest absolute Gasteiger partial charge is 0.494 e. The molecule has 34 heavy (non-hydrogen) atoms. The van der Waals surface area contributed by atoms with Gasteiger partial charge < -0.3 is 20.2 Å². The number of oxime groups is 1. The highest BCUT2D eigenvalue weighted by Crippen LogP contribution is 2.34. The van der Waals surface area contributed by atoms with Crippen molar-refractivity contribution in [2.24, 2.45) is 11.1 Å². The predicted molar refractivity (Wildman–Crippen MR) is 136 cm³/mol. The Labute approximate surface area is 206 Å². The van der Waals surface area contributed by atoms with E-state index in [1.165, 1.54) is 11.8 Å². The van der Waals surface area contributed by atoms with Crippen LogP contribution in [0.5, 0.6) is 5.75 Å². The number of aromatic nitrogens is 2. The Bertz CT molecular complexity index is 1220. The van der Waals surface area contributed by atoms with Crippen LogP contribution >= 0.6 is 23.1 Å². The Morgan fingerprint density at radius 3 is 2.82 bits per heavy atom. The summed E-state index contributed by atoms with van der Waals surface area (Å²) >= 11 is 3.16. The van der Waals surface area contributed by atoms with Gasteiger partial charge in [0.15, 0.2) is 0 Å². The van der Waals surface area contributed by atoms with Crippen molar-refractivity contribution in [2.75, 3.05) is 25.3 Å². The number of nitrogens with zero attached hydrogens (tertiary/aromatic N) is 3. The van der Waals surface area contributed by atoms with Gasteiger partial charge in [-0.05, 0) is 49.9 Å². The molecule has 1 fully saturated rings. The average Bonchev–Trinajstić information content (AvgIpc) is 3.30. The van der Waals surface area contributed by atoms with Crippen LogP contribution in [0, 0.1) is 5.92 Å². The van der Waals surface area contributed by atoms with Crippen LogP contribution in [0.2, 0.25) is 0 Å². The van der Waals surface area contributed by atoms with Gasteiger partial charge in [-0.3, -0.25) is 4.79 Å². The van der Waals surface area contributed by atoms with Crippen molar-refractivity contribution in [2.45, 2.75) is 43.2 Å². The summed E-state index contributed by atoms with van der Waals surface area (Å²) in [7, 11) is 3.26. The summed E-state index contributed by atoms with van der Waals surface area (Å²) in [5.74, 6) is 2.22. The van der Waals surface area contributed by atoms with Crippen LogP contribution < -0.4 is 15.4 Å². The SMILES string of the molecule is CON=C(c1nc2c(OC)cccc2s1)[C@H]1CC[C@H](NCc2ccc3c(n2)NC(=O)CS3)CC1. The van der Waals surface area contributed by atoms with Crippen LogP contribution in [0.25, 0.3) is 10.2 Å². The van der Waals surface area contributed by atoms with Gasteiger partial charge in [0, 0.05) is 18.5 Å². The molecule has 1 aliphatic heterocycles. The van der Waals surface area contributed by atoms with Gasteiger partial charge in [-0.15, -0.1) is 23.1 Å². The van der Waals surface area contributed by atoms with Crippen molar-refractivity contribution in [3.63, 3.8) is 0 Å². The number of ether oxygens (including phenoxy) is 1. The van der Waals surface area contributed by atoms with Crippen LogP contribution in [0.1, 0.15) is 36.4 Å². The first kappa shape index (κ1) is 23.1. The molecule has 1 saturated carbocycles. The van der Waals surface area contributed by atoms with Crippen molar-refractivity contribution in [1.82, 2.24) is 15.3 Å². The highest BCUT2D eigenvalue weighted by Gasteiger charge is 2.28. The van der Waals surface area contributed by atoms with Crippen molar-refractivity contribution in [1.29, 1.82) is 0 Å². The van der Waals surface area contributed by atoms with Crippen LogP contribution in [-0.4, -0.2) is 47.6 Å². The van der Waals surface area contributed by atoms with E-state index in [0.29, 0.717) is 30.1 Å². The minimum atomic E-state index is 0.00790. The molecule has 3 heterocycles. The number of anilines is 1. The molecule has 10 heteroatoms. The lowest BCUT2D eigenvalue weighted by Gasteiger charge is -2.29. The first-order valence-electron chi connectivity index (χ1n) is 11.4. The average molecular weight is 498 g/mol. The molecule has 1 aliphatic carbocycles. The topological polar surface area (TPSA) is 97.7 Å². The number of fused-ring (bicyclic) bond motifs is 2. The number of hydrogen-bond donors (Lipinski definition) is 2. The van der Waals surface area contributed by atoms with Gasteiger partial charge >= 0.3 is 0 Å². The van der Waals surface area contributed by atoms with Crippen LogP contribution in [0.3, 0.4) is 0 Å². The third-order valence-corrected chi connectivity index (χ3v) is 8.32. The number of nitrogens with one attached hydrogen (secondary N) is 2. The van der Waals surface area contributed by atoms with Gasteiger partial charge in [0.1, 0.15) is 34.9 Å². The molecule has 2 N–H and O–H groups in total. The van der Waals surface area contributed by atoms with Gasteiger partial charge in [-0.2, -0.15) is 0 Å². The normalized spacial score (nSPS) is 20.6. The summed E-state index contributed by atoms with van der Waals surface area (Å²) in [5.41, 5.74) is 2.74. The molecular formula is C24H27N5O3S2. The van der Waals surface area contributed by atoms with Crippen LogP contribution in [-0.2, 0) is 16.2 Å². The molecule has 0 bridgehead atoms. The molecule has 0 atom stereocenters. The fourth-order valence-corrected chi connectivity index (χ4v) is 6.31. The first-order chi connectivity index (χ1) is 16.6. The molecule has 1 aromatic carbocycles. The second kappa shape index (κ2) is 10.3. The summed E-state index contributed by atoms with van der Waals surface area (Å²) in [5, 5.41) is 11.8. The van der Waals surface area contributed by atoms with Crippen LogP contribution in [0.4, 0.5) is 5.82 Å². The smallest absolute Gasteiger partial charge is 0.235 e. The van der Waals surface area contributed by atoms with Crippen LogP contribution in [0.15, 0.2) is 40.4 Å². The second-order valence-corrected chi connectivity index (χ2v) is 10.4. The maximum atomic E-state index is 11.6. The highest BCUT2D eigenvalue weighted by molar-refractivity contribution is 8.00. The fraction of sp³-hybridized carbons (Fsp3) is 0.417. The van der Waals surface area contributed by atoms with E-state index in [1.54, 1.807) is 25.6 Å². The van der Waals surface area contributed by atoms with Gasteiger partial charge in [0.25, 0.3) is 0 Å². The molecule has 1 amide bonds.